The number of aromatic nitrogens is 2. The summed E-state index contributed by atoms with van der Waals surface area (Å²) in [7, 11) is 0. The summed E-state index contributed by atoms with van der Waals surface area (Å²) in [5, 5.41) is 6.34. The Morgan fingerprint density at radius 2 is 1.65 bits per heavy atom. The van der Waals surface area contributed by atoms with Crippen LogP contribution in [0.2, 0.25) is 10.3 Å². The highest BCUT2D eigenvalue weighted by Gasteiger charge is 2.08. The average molecular weight is 388 g/mol. The van der Waals surface area contributed by atoms with E-state index >= 15 is 0 Å². The van der Waals surface area contributed by atoms with Crippen LogP contribution in [0.25, 0.3) is 0 Å². The fourth-order valence-corrected chi connectivity index (χ4v) is 2.65. The molecular weight excluding hydrogens is 373 g/mol. The first kappa shape index (κ1) is 18.0. The molecule has 2 aromatic carbocycles. The van der Waals surface area contributed by atoms with Gasteiger partial charge in [0.25, 0.3) is 5.91 Å². The summed E-state index contributed by atoms with van der Waals surface area (Å²) < 4.78 is 0. The Labute approximate surface area is 160 Å². The van der Waals surface area contributed by atoms with Crippen LogP contribution < -0.4 is 16.4 Å². The molecular formula is C18H15Cl2N5O. The van der Waals surface area contributed by atoms with E-state index in [1.807, 2.05) is 24.3 Å². The van der Waals surface area contributed by atoms with Gasteiger partial charge in [0.15, 0.2) is 0 Å². The van der Waals surface area contributed by atoms with Gasteiger partial charge in [0.05, 0.1) is 11.4 Å². The predicted octanol–water partition coefficient (Wildman–Crippen LogP) is 4.23. The van der Waals surface area contributed by atoms with E-state index in [4.69, 9.17) is 28.9 Å². The molecule has 0 saturated carbocycles. The number of halogens is 2. The molecule has 6 nitrogen and oxygen atoms in total. The zero-order valence-corrected chi connectivity index (χ0v) is 15.1. The summed E-state index contributed by atoms with van der Waals surface area (Å²) in [5.74, 6) is 0.108. The van der Waals surface area contributed by atoms with Gasteiger partial charge in [-0.3, -0.25) is 4.79 Å². The van der Waals surface area contributed by atoms with E-state index in [9.17, 15) is 4.79 Å². The van der Waals surface area contributed by atoms with Gasteiger partial charge in [-0.2, -0.15) is 0 Å². The maximum absolute atomic E-state index is 12.3. The largest absolute Gasteiger partial charge is 0.397 e. The minimum Gasteiger partial charge on any atom is -0.397 e. The van der Waals surface area contributed by atoms with Crippen molar-refractivity contribution in [1.29, 1.82) is 0 Å². The number of benzene rings is 2. The molecule has 0 saturated heterocycles. The predicted molar refractivity (Wildman–Crippen MR) is 105 cm³/mol. The second kappa shape index (κ2) is 8.03. The summed E-state index contributed by atoms with van der Waals surface area (Å²) in [6, 6.07) is 15.7. The summed E-state index contributed by atoms with van der Waals surface area (Å²) in [6.07, 6.45) is 0. The highest BCUT2D eigenvalue weighted by Crippen LogP contribution is 2.18. The minimum absolute atomic E-state index is 0.229. The maximum atomic E-state index is 12.3. The topological polar surface area (TPSA) is 92.9 Å². The van der Waals surface area contributed by atoms with Crippen LogP contribution in [0.1, 0.15) is 15.9 Å². The van der Waals surface area contributed by atoms with Crippen LogP contribution >= 0.6 is 23.2 Å². The van der Waals surface area contributed by atoms with Crippen LogP contribution in [0.4, 0.5) is 17.3 Å². The molecule has 0 spiro atoms. The van der Waals surface area contributed by atoms with Crippen molar-refractivity contribution in [1.82, 2.24) is 9.97 Å². The molecule has 0 aliphatic rings. The SMILES string of the molecule is Nc1ccccc1NC(=O)c1ccc(CNc2nc(Cl)cc(Cl)n2)cc1. The molecule has 132 valence electrons. The third-order valence-electron chi connectivity index (χ3n) is 3.54. The number of carbonyl (C=O) groups is 1. The van der Waals surface area contributed by atoms with Gasteiger partial charge in [0.2, 0.25) is 5.95 Å². The Morgan fingerprint density at radius 3 is 2.31 bits per heavy atom. The van der Waals surface area contributed by atoms with E-state index < -0.39 is 0 Å². The van der Waals surface area contributed by atoms with Crippen molar-refractivity contribution in [2.45, 2.75) is 6.54 Å². The molecule has 0 aliphatic heterocycles. The number of amides is 1. The van der Waals surface area contributed by atoms with Gasteiger partial charge in [-0.1, -0.05) is 47.5 Å². The van der Waals surface area contributed by atoms with Gasteiger partial charge in [-0.15, -0.1) is 0 Å². The summed E-state index contributed by atoms with van der Waals surface area (Å²) in [5.41, 5.74) is 8.40. The van der Waals surface area contributed by atoms with Gasteiger partial charge in [0.1, 0.15) is 10.3 Å². The highest BCUT2D eigenvalue weighted by atomic mass is 35.5. The lowest BCUT2D eigenvalue weighted by molar-refractivity contribution is 0.102. The molecule has 0 aliphatic carbocycles. The van der Waals surface area contributed by atoms with Crippen LogP contribution in [-0.4, -0.2) is 15.9 Å². The van der Waals surface area contributed by atoms with Crippen molar-refractivity contribution >= 4 is 46.4 Å². The number of nitrogens with zero attached hydrogens (tertiary/aromatic N) is 2. The molecule has 1 heterocycles. The molecule has 8 heteroatoms. The lowest BCUT2D eigenvalue weighted by atomic mass is 10.1. The number of hydrogen-bond donors (Lipinski definition) is 3. The molecule has 0 bridgehead atoms. The number of carbonyl (C=O) groups excluding carboxylic acids is 1. The molecule has 0 radical (unpaired) electrons. The average Bonchev–Trinajstić information content (AvgIpc) is 2.61. The highest BCUT2D eigenvalue weighted by molar-refractivity contribution is 6.33. The molecule has 26 heavy (non-hydrogen) atoms. The molecule has 0 unspecified atom stereocenters. The Balaban J connectivity index is 1.62. The maximum Gasteiger partial charge on any atom is 0.255 e. The lowest BCUT2D eigenvalue weighted by Crippen LogP contribution is -2.13. The van der Waals surface area contributed by atoms with E-state index in [0.717, 1.165) is 5.56 Å². The van der Waals surface area contributed by atoms with Crippen LogP contribution in [0.3, 0.4) is 0 Å². The van der Waals surface area contributed by atoms with Crippen molar-refractivity contribution in [2.75, 3.05) is 16.4 Å². The minimum atomic E-state index is -0.229. The number of nitrogens with one attached hydrogen (secondary N) is 2. The van der Waals surface area contributed by atoms with E-state index in [-0.39, 0.29) is 16.2 Å². The Bertz CT molecular complexity index is 911. The Hall–Kier alpha value is -2.83. The number of rotatable bonds is 5. The lowest BCUT2D eigenvalue weighted by Gasteiger charge is -2.09. The number of anilines is 3. The van der Waals surface area contributed by atoms with Gasteiger partial charge < -0.3 is 16.4 Å². The third-order valence-corrected chi connectivity index (χ3v) is 3.93. The number of nitrogen functional groups attached to an aromatic ring is 1. The first-order chi connectivity index (χ1) is 12.5. The quantitative estimate of drug-likeness (QED) is 0.449. The summed E-state index contributed by atoms with van der Waals surface area (Å²) >= 11 is 11.7. The van der Waals surface area contributed by atoms with Crippen molar-refractivity contribution in [3.63, 3.8) is 0 Å². The standard InChI is InChI=1S/C18H15Cl2N5O/c19-15-9-16(20)25-18(24-15)22-10-11-5-7-12(8-6-11)17(26)23-14-4-2-1-3-13(14)21/h1-9H,10,21H2,(H,23,26)(H,22,24,25). The van der Waals surface area contributed by atoms with E-state index in [0.29, 0.717) is 29.4 Å². The smallest absolute Gasteiger partial charge is 0.255 e. The number of nitrogens with two attached hydrogens (primary N) is 1. The van der Waals surface area contributed by atoms with Gasteiger partial charge in [0, 0.05) is 18.2 Å². The zero-order chi connectivity index (χ0) is 18.5. The molecule has 0 atom stereocenters. The molecule has 3 rings (SSSR count). The fourth-order valence-electron chi connectivity index (χ4n) is 2.23. The monoisotopic (exact) mass is 387 g/mol. The zero-order valence-electron chi connectivity index (χ0n) is 13.5. The van der Waals surface area contributed by atoms with Crippen LogP contribution in [0, 0.1) is 0 Å². The fraction of sp³-hybridized carbons (Fsp3) is 0.0556. The van der Waals surface area contributed by atoms with Gasteiger partial charge in [-0.05, 0) is 29.8 Å². The second-order valence-corrected chi connectivity index (χ2v) is 6.20. The molecule has 1 amide bonds. The van der Waals surface area contributed by atoms with Gasteiger partial charge >= 0.3 is 0 Å². The number of hydrogen-bond acceptors (Lipinski definition) is 5. The first-order valence-corrected chi connectivity index (χ1v) is 8.45. The van der Waals surface area contributed by atoms with Crippen LogP contribution in [0.5, 0.6) is 0 Å². The van der Waals surface area contributed by atoms with Crippen molar-refractivity contribution in [3.8, 4) is 0 Å². The molecule has 0 fully saturated rings. The molecule has 4 N–H and O–H groups in total. The van der Waals surface area contributed by atoms with E-state index in [1.54, 1.807) is 24.3 Å². The summed E-state index contributed by atoms with van der Waals surface area (Å²) in [4.78, 5) is 20.4. The molecule has 1 aromatic heterocycles. The second-order valence-electron chi connectivity index (χ2n) is 5.43. The van der Waals surface area contributed by atoms with E-state index in [1.165, 1.54) is 6.07 Å². The Morgan fingerprint density at radius 1 is 1.00 bits per heavy atom. The molecule has 3 aromatic rings. The Kier molecular flexibility index (Phi) is 5.55. The van der Waals surface area contributed by atoms with Crippen LogP contribution in [0.15, 0.2) is 54.6 Å². The van der Waals surface area contributed by atoms with Crippen molar-refractivity contribution in [2.24, 2.45) is 0 Å². The first-order valence-electron chi connectivity index (χ1n) is 7.70. The van der Waals surface area contributed by atoms with E-state index in [2.05, 4.69) is 20.6 Å². The third kappa shape index (κ3) is 4.62. The summed E-state index contributed by atoms with van der Waals surface area (Å²) in [6.45, 7) is 0.463. The van der Waals surface area contributed by atoms with Gasteiger partial charge in [-0.25, -0.2) is 9.97 Å². The van der Waals surface area contributed by atoms with Crippen molar-refractivity contribution < 1.29 is 4.79 Å². The normalized spacial score (nSPS) is 10.4. The van der Waals surface area contributed by atoms with Crippen LogP contribution in [-0.2, 0) is 6.54 Å². The number of para-hydroxylation sites is 2. The van der Waals surface area contributed by atoms with Crippen molar-refractivity contribution in [3.05, 3.63) is 76.0 Å².